The van der Waals surface area contributed by atoms with Crippen molar-refractivity contribution in [3.05, 3.63) is 59.8 Å². The summed E-state index contributed by atoms with van der Waals surface area (Å²) in [5.74, 6) is 0.343. The molecule has 1 N–H and O–H groups in total. The fourth-order valence-electron chi connectivity index (χ4n) is 3.50. The molecule has 1 aromatic carbocycles. The zero-order valence-corrected chi connectivity index (χ0v) is 15.1. The maximum Gasteiger partial charge on any atom is 0.416 e. The Bertz CT molecular complexity index is 724. The molecule has 2 heterocycles. The molecule has 1 atom stereocenters. The van der Waals surface area contributed by atoms with Crippen LogP contribution >= 0.6 is 0 Å². The van der Waals surface area contributed by atoms with Crippen LogP contribution in [0.2, 0.25) is 0 Å². The minimum Gasteiger partial charge on any atom is -0.396 e. The van der Waals surface area contributed by atoms with Crippen LogP contribution in [0, 0.1) is 0 Å². The molecule has 3 rings (SSSR count). The number of halogens is 3. The van der Waals surface area contributed by atoms with Gasteiger partial charge in [0, 0.05) is 45.0 Å². The van der Waals surface area contributed by atoms with E-state index in [4.69, 9.17) is 0 Å². The predicted octanol–water partition coefficient (Wildman–Crippen LogP) is 3.22. The average Bonchev–Trinajstić information content (AvgIpc) is 2.67. The number of hydrogen-bond donors (Lipinski definition) is 1. The molecule has 0 spiro atoms. The van der Waals surface area contributed by atoms with E-state index in [-0.39, 0.29) is 12.6 Å². The molecule has 27 heavy (non-hydrogen) atoms. The van der Waals surface area contributed by atoms with Gasteiger partial charge in [-0.3, -0.25) is 4.90 Å². The smallest absolute Gasteiger partial charge is 0.396 e. The number of nitrogens with zero attached hydrogens (tertiary/aromatic N) is 3. The molecule has 1 saturated heterocycles. The highest BCUT2D eigenvalue weighted by atomic mass is 19.4. The SMILES string of the molecule is OCC[C@H]1CN(c2cc(C(F)(F)F)ccn2)CCN1CCc1ccccc1. The second-order valence-corrected chi connectivity index (χ2v) is 6.78. The maximum absolute atomic E-state index is 13.0. The zero-order chi connectivity index (χ0) is 19.3. The first-order valence-corrected chi connectivity index (χ1v) is 9.14. The van der Waals surface area contributed by atoms with Crippen LogP contribution < -0.4 is 4.90 Å². The van der Waals surface area contributed by atoms with Gasteiger partial charge in [-0.25, -0.2) is 4.98 Å². The van der Waals surface area contributed by atoms with Gasteiger partial charge in [0.05, 0.1) is 5.56 Å². The van der Waals surface area contributed by atoms with Crippen LogP contribution in [0.1, 0.15) is 17.5 Å². The van der Waals surface area contributed by atoms with Crippen molar-refractivity contribution in [2.45, 2.75) is 25.1 Å². The predicted molar refractivity (Wildman–Crippen MR) is 98.7 cm³/mol. The van der Waals surface area contributed by atoms with Crippen LogP contribution in [-0.2, 0) is 12.6 Å². The summed E-state index contributed by atoms with van der Waals surface area (Å²) >= 11 is 0. The lowest BCUT2D eigenvalue weighted by Gasteiger charge is -2.42. The van der Waals surface area contributed by atoms with Gasteiger partial charge in [-0.2, -0.15) is 13.2 Å². The summed E-state index contributed by atoms with van der Waals surface area (Å²) in [5.41, 5.74) is 0.569. The topological polar surface area (TPSA) is 39.6 Å². The van der Waals surface area contributed by atoms with Gasteiger partial charge in [0.25, 0.3) is 0 Å². The number of aliphatic hydroxyl groups is 1. The highest BCUT2D eigenvalue weighted by Gasteiger charge is 2.32. The summed E-state index contributed by atoms with van der Waals surface area (Å²) in [5, 5.41) is 9.42. The molecule has 0 unspecified atom stereocenters. The van der Waals surface area contributed by atoms with Crippen molar-refractivity contribution in [1.29, 1.82) is 0 Å². The van der Waals surface area contributed by atoms with Gasteiger partial charge in [-0.05, 0) is 30.5 Å². The van der Waals surface area contributed by atoms with Gasteiger partial charge in [0.15, 0.2) is 0 Å². The van der Waals surface area contributed by atoms with E-state index in [1.807, 2.05) is 23.1 Å². The number of pyridine rings is 1. The molecule has 146 valence electrons. The number of anilines is 1. The summed E-state index contributed by atoms with van der Waals surface area (Å²) < 4.78 is 38.9. The van der Waals surface area contributed by atoms with Gasteiger partial charge in [0.1, 0.15) is 5.82 Å². The lowest BCUT2D eigenvalue weighted by atomic mass is 10.1. The summed E-state index contributed by atoms with van der Waals surface area (Å²) in [6.45, 7) is 2.82. The van der Waals surface area contributed by atoms with Crippen molar-refractivity contribution < 1.29 is 18.3 Å². The number of rotatable bonds is 6. The number of aliphatic hydroxyl groups excluding tert-OH is 1. The third-order valence-electron chi connectivity index (χ3n) is 4.99. The highest BCUT2D eigenvalue weighted by Crippen LogP contribution is 2.31. The molecule has 0 aliphatic carbocycles. The molecule has 0 bridgehead atoms. The molecule has 1 aliphatic heterocycles. The molecular weight excluding hydrogens is 355 g/mol. The first-order valence-electron chi connectivity index (χ1n) is 9.14. The normalized spacial score (nSPS) is 18.7. The summed E-state index contributed by atoms with van der Waals surface area (Å²) in [7, 11) is 0. The Morgan fingerprint density at radius 3 is 2.59 bits per heavy atom. The Morgan fingerprint density at radius 1 is 1.11 bits per heavy atom. The van der Waals surface area contributed by atoms with Crippen LogP contribution in [0.4, 0.5) is 19.0 Å². The third kappa shape index (κ3) is 5.20. The molecule has 0 saturated carbocycles. The van der Waals surface area contributed by atoms with Gasteiger partial charge in [-0.15, -0.1) is 0 Å². The quantitative estimate of drug-likeness (QED) is 0.837. The Morgan fingerprint density at radius 2 is 1.89 bits per heavy atom. The fraction of sp³-hybridized carbons (Fsp3) is 0.450. The van der Waals surface area contributed by atoms with E-state index in [0.717, 1.165) is 31.6 Å². The molecule has 2 aromatic rings. The van der Waals surface area contributed by atoms with E-state index in [1.165, 1.54) is 11.8 Å². The van der Waals surface area contributed by atoms with Crippen LogP contribution in [0.25, 0.3) is 0 Å². The first kappa shape index (κ1) is 19.6. The molecule has 0 radical (unpaired) electrons. The number of benzene rings is 1. The molecule has 0 amide bonds. The molecular formula is C20H24F3N3O. The Balaban J connectivity index is 1.66. The van der Waals surface area contributed by atoms with Crippen LogP contribution in [0.15, 0.2) is 48.7 Å². The van der Waals surface area contributed by atoms with Gasteiger partial charge in [-0.1, -0.05) is 30.3 Å². The van der Waals surface area contributed by atoms with Crippen molar-refractivity contribution in [2.75, 3.05) is 37.7 Å². The second-order valence-electron chi connectivity index (χ2n) is 6.78. The number of piperazine rings is 1. The molecule has 1 aromatic heterocycles. The Kier molecular flexibility index (Phi) is 6.34. The monoisotopic (exact) mass is 379 g/mol. The Hall–Kier alpha value is -2.12. The van der Waals surface area contributed by atoms with E-state index in [9.17, 15) is 18.3 Å². The lowest BCUT2D eigenvalue weighted by Crippen LogP contribution is -2.54. The van der Waals surface area contributed by atoms with Crippen LogP contribution in [0.5, 0.6) is 0 Å². The van der Waals surface area contributed by atoms with Crippen molar-refractivity contribution >= 4 is 5.82 Å². The lowest BCUT2D eigenvalue weighted by molar-refractivity contribution is -0.137. The van der Waals surface area contributed by atoms with E-state index in [1.54, 1.807) is 0 Å². The van der Waals surface area contributed by atoms with Gasteiger partial charge in [0.2, 0.25) is 0 Å². The minimum atomic E-state index is -4.38. The first-order chi connectivity index (χ1) is 13.0. The third-order valence-corrected chi connectivity index (χ3v) is 4.99. The van der Waals surface area contributed by atoms with Crippen LogP contribution in [-0.4, -0.2) is 53.8 Å². The zero-order valence-electron chi connectivity index (χ0n) is 15.1. The molecule has 1 aliphatic rings. The van der Waals surface area contributed by atoms with Crippen LogP contribution in [0.3, 0.4) is 0 Å². The molecule has 1 fully saturated rings. The van der Waals surface area contributed by atoms with Gasteiger partial charge < -0.3 is 10.0 Å². The highest BCUT2D eigenvalue weighted by molar-refractivity contribution is 5.42. The standard InChI is InChI=1S/C20H24F3N3O/c21-20(22,23)17-6-9-24-19(14-17)26-12-11-25(18(15-26)8-13-27)10-7-16-4-2-1-3-5-16/h1-6,9,14,18,27H,7-8,10-13,15H2/t18-/m0/s1. The van der Waals surface area contributed by atoms with E-state index >= 15 is 0 Å². The fourth-order valence-corrected chi connectivity index (χ4v) is 3.50. The average molecular weight is 379 g/mol. The van der Waals surface area contributed by atoms with E-state index in [2.05, 4.69) is 22.0 Å². The van der Waals surface area contributed by atoms with Crippen molar-refractivity contribution in [3.63, 3.8) is 0 Å². The summed E-state index contributed by atoms with van der Waals surface area (Å²) in [4.78, 5) is 8.33. The van der Waals surface area contributed by atoms with Crippen molar-refractivity contribution in [1.82, 2.24) is 9.88 Å². The minimum absolute atomic E-state index is 0.0519. The maximum atomic E-state index is 13.0. The number of aromatic nitrogens is 1. The Labute approximate surface area is 157 Å². The van der Waals surface area contributed by atoms with E-state index in [0.29, 0.717) is 25.3 Å². The molecule has 7 heteroatoms. The van der Waals surface area contributed by atoms with E-state index < -0.39 is 11.7 Å². The largest absolute Gasteiger partial charge is 0.416 e. The second kappa shape index (κ2) is 8.71. The number of alkyl halides is 3. The van der Waals surface area contributed by atoms with Crippen molar-refractivity contribution in [2.24, 2.45) is 0 Å². The summed E-state index contributed by atoms with van der Waals surface area (Å²) in [6.07, 6.45) is -1.67. The summed E-state index contributed by atoms with van der Waals surface area (Å²) in [6, 6.07) is 12.4. The number of hydrogen-bond acceptors (Lipinski definition) is 4. The van der Waals surface area contributed by atoms with Crippen molar-refractivity contribution in [3.8, 4) is 0 Å². The molecule has 4 nitrogen and oxygen atoms in total. The van der Waals surface area contributed by atoms with Gasteiger partial charge >= 0.3 is 6.18 Å².